The second-order valence-corrected chi connectivity index (χ2v) is 4.52. The Kier molecular flexibility index (Phi) is 4.33. The minimum Gasteiger partial charge on any atom is -0.493 e. The largest absolute Gasteiger partial charge is 0.493 e. The summed E-state index contributed by atoms with van der Waals surface area (Å²) < 4.78 is 5.46. The first-order valence-electron chi connectivity index (χ1n) is 5.53. The van der Waals surface area contributed by atoms with Crippen LogP contribution in [0.1, 0.15) is 32.4 Å². The fraction of sp³-hybridized carbons (Fsp3) is 0.538. The molecular formula is C13H20O3. The molecule has 0 radical (unpaired) electrons. The molecule has 1 aromatic carbocycles. The molecule has 16 heavy (non-hydrogen) atoms. The Balaban J connectivity index is 3.02. The standard InChI is InChI=1S/C13H20O3/c1-4-16-11-8-6-5-7-10(11)12(15)13(2,3)9-14/h5-8,12,14-15H,4,9H2,1-3H3. The topological polar surface area (TPSA) is 49.7 Å². The number of aliphatic hydroxyl groups excluding tert-OH is 2. The summed E-state index contributed by atoms with van der Waals surface area (Å²) in [5, 5.41) is 19.5. The van der Waals surface area contributed by atoms with Gasteiger partial charge in [-0.15, -0.1) is 0 Å². The lowest BCUT2D eigenvalue weighted by Crippen LogP contribution is -2.26. The van der Waals surface area contributed by atoms with Gasteiger partial charge in [0.25, 0.3) is 0 Å². The summed E-state index contributed by atoms with van der Waals surface area (Å²) in [5.41, 5.74) is 0.149. The lowest BCUT2D eigenvalue weighted by molar-refractivity contribution is 0.00480. The van der Waals surface area contributed by atoms with E-state index in [1.165, 1.54) is 0 Å². The highest BCUT2D eigenvalue weighted by Crippen LogP contribution is 2.37. The molecule has 3 nitrogen and oxygen atoms in total. The number of aliphatic hydroxyl groups is 2. The first-order valence-corrected chi connectivity index (χ1v) is 5.53. The molecule has 0 saturated carbocycles. The van der Waals surface area contributed by atoms with Crippen molar-refractivity contribution in [3.8, 4) is 5.75 Å². The van der Waals surface area contributed by atoms with E-state index in [1.807, 2.05) is 45.0 Å². The van der Waals surface area contributed by atoms with E-state index in [-0.39, 0.29) is 6.61 Å². The summed E-state index contributed by atoms with van der Waals surface area (Å²) in [5.74, 6) is 0.680. The van der Waals surface area contributed by atoms with E-state index in [4.69, 9.17) is 4.74 Å². The first-order chi connectivity index (χ1) is 7.53. The van der Waals surface area contributed by atoms with E-state index < -0.39 is 11.5 Å². The van der Waals surface area contributed by atoms with Gasteiger partial charge in [-0.2, -0.15) is 0 Å². The second kappa shape index (κ2) is 5.32. The Hall–Kier alpha value is -1.06. The molecule has 3 heteroatoms. The van der Waals surface area contributed by atoms with Crippen LogP contribution in [0.15, 0.2) is 24.3 Å². The molecule has 0 spiro atoms. The lowest BCUT2D eigenvalue weighted by atomic mass is 9.83. The number of ether oxygens (including phenoxy) is 1. The molecule has 1 rings (SSSR count). The predicted molar refractivity (Wildman–Crippen MR) is 63.4 cm³/mol. The number of rotatable bonds is 5. The number of hydrogen-bond donors (Lipinski definition) is 2. The maximum atomic E-state index is 10.2. The van der Waals surface area contributed by atoms with E-state index in [2.05, 4.69) is 0 Å². The van der Waals surface area contributed by atoms with E-state index in [9.17, 15) is 10.2 Å². The molecule has 0 aliphatic heterocycles. The van der Waals surface area contributed by atoms with Crippen molar-refractivity contribution in [3.05, 3.63) is 29.8 Å². The molecule has 1 atom stereocenters. The molecule has 0 aliphatic carbocycles. The third kappa shape index (κ3) is 2.74. The smallest absolute Gasteiger partial charge is 0.125 e. The first kappa shape index (κ1) is 13.0. The second-order valence-electron chi connectivity index (χ2n) is 4.52. The highest BCUT2D eigenvalue weighted by Gasteiger charge is 2.30. The fourth-order valence-corrected chi connectivity index (χ4v) is 1.50. The van der Waals surface area contributed by atoms with Crippen molar-refractivity contribution in [1.82, 2.24) is 0 Å². The van der Waals surface area contributed by atoms with E-state index >= 15 is 0 Å². The maximum absolute atomic E-state index is 10.2. The average molecular weight is 224 g/mol. The molecule has 0 amide bonds. The van der Waals surface area contributed by atoms with Crippen LogP contribution in [-0.2, 0) is 0 Å². The summed E-state index contributed by atoms with van der Waals surface area (Å²) >= 11 is 0. The molecule has 0 bridgehead atoms. The molecule has 1 unspecified atom stereocenters. The fourth-order valence-electron chi connectivity index (χ4n) is 1.50. The Bertz CT molecular complexity index is 334. The molecule has 1 aromatic rings. The molecule has 0 heterocycles. The normalized spacial score (nSPS) is 13.6. The Labute approximate surface area is 96.7 Å². The number of para-hydroxylation sites is 1. The van der Waals surface area contributed by atoms with Crippen molar-refractivity contribution in [2.45, 2.75) is 26.9 Å². The van der Waals surface area contributed by atoms with Crippen molar-refractivity contribution < 1.29 is 14.9 Å². The number of hydrogen-bond acceptors (Lipinski definition) is 3. The highest BCUT2D eigenvalue weighted by molar-refractivity contribution is 5.36. The van der Waals surface area contributed by atoms with Crippen molar-refractivity contribution in [1.29, 1.82) is 0 Å². The van der Waals surface area contributed by atoms with Crippen molar-refractivity contribution in [3.63, 3.8) is 0 Å². The summed E-state index contributed by atoms with van der Waals surface area (Å²) in [6.07, 6.45) is -0.736. The van der Waals surface area contributed by atoms with Gasteiger partial charge in [0.2, 0.25) is 0 Å². The zero-order valence-corrected chi connectivity index (χ0v) is 10.1. The van der Waals surface area contributed by atoms with Gasteiger partial charge in [0.15, 0.2) is 0 Å². The van der Waals surface area contributed by atoms with Crippen LogP contribution in [0.25, 0.3) is 0 Å². The molecule has 2 N–H and O–H groups in total. The molecule has 0 fully saturated rings. The van der Waals surface area contributed by atoms with Gasteiger partial charge in [0.05, 0.1) is 19.3 Å². The minimum absolute atomic E-state index is 0.0748. The molecule has 0 aromatic heterocycles. The third-order valence-corrected chi connectivity index (χ3v) is 2.66. The Morgan fingerprint density at radius 1 is 1.31 bits per heavy atom. The summed E-state index contributed by atoms with van der Waals surface area (Å²) in [6, 6.07) is 7.38. The summed E-state index contributed by atoms with van der Waals surface area (Å²) in [7, 11) is 0. The van der Waals surface area contributed by atoms with Crippen LogP contribution >= 0.6 is 0 Å². The van der Waals surface area contributed by atoms with Gasteiger partial charge in [-0.1, -0.05) is 32.0 Å². The van der Waals surface area contributed by atoms with Gasteiger partial charge >= 0.3 is 0 Å². The molecule has 0 aliphatic rings. The molecule has 0 saturated heterocycles. The van der Waals surface area contributed by atoms with Gasteiger partial charge in [-0.05, 0) is 13.0 Å². The Morgan fingerprint density at radius 3 is 2.50 bits per heavy atom. The SMILES string of the molecule is CCOc1ccccc1C(O)C(C)(C)CO. The summed E-state index contributed by atoms with van der Waals surface area (Å²) in [4.78, 5) is 0. The van der Waals surface area contributed by atoms with Crippen molar-refractivity contribution >= 4 is 0 Å². The van der Waals surface area contributed by atoms with Crippen LogP contribution in [0, 0.1) is 5.41 Å². The van der Waals surface area contributed by atoms with Crippen LogP contribution in [0.5, 0.6) is 5.75 Å². The predicted octanol–water partition coefficient (Wildman–Crippen LogP) is 2.14. The number of benzene rings is 1. The van der Waals surface area contributed by atoms with Crippen molar-refractivity contribution in [2.75, 3.05) is 13.2 Å². The maximum Gasteiger partial charge on any atom is 0.125 e. The van der Waals surface area contributed by atoms with Crippen molar-refractivity contribution in [2.24, 2.45) is 5.41 Å². The highest BCUT2D eigenvalue weighted by atomic mass is 16.5. The zero-order valence-electron chi connectivity index (χ0n) is 10.1. The van der Waals surface area contributed by atoms with Crippen LogP contribution in [0.2, 0.25) is 0 Å². The van der Waals surface area contributed by atoms with Gasteiger partial charge in [0, 0.05) is 11.0 Å². The van der Waals surface area contributed by atoms with Gasteiger partial charge in [-0.25, -0.2) is 0 Å². The lowest BCUT2D eigenvalue weighted by Gasteiger charge is -2.29. The molecular weight excluding hydrogens is 204 g/mol. The van der Waals surface area contributed by atoms with Crippen LogP contribution < -0.4 is 4.74 Å². The van der Waals surface area contributed by atoms with Crippen LogP contribution in [-0.4, -0.2) is 23.4 Å². The quantitative estimate of drug-likeness (QED) is 0.805. The van der Waals surface area contributed by atoms with E-state index in [0.717, 1.165) is 5.56 Å². The van der Waals surface area contributed by atoms with E-state index in [1.54, 1.807) is 0 Å². The average Bonchev–Trinajstić information content (AvgIpc) is 2.29. The molecule has 90 valence electrons. The van der Waals surface area contributed by atoms with E-state index in [0.29, 0.717) is 12.4 Å². The monoisotopic (exact) mass is 224 g/mol. The van der Waals surface area contributed by atoms with Gasteiger partial charge in [0.1, 0.15) is 5.75 Å². The Morgan fingerprint density at radius 2 is 1.94 bits per heavy atom. The third-order valence-electron chi connectivity index (χ3n) is 2.66. The zero-order chi connectivity index (χ0) is 12.2. The van der Waals surface area contributed by atoms with Gasteiger partial charge < -0.3 is 14.9 Å². The van der Waals surface area contributed by atoms with Crippen LogP contribution in [0.3, 0.4) is 0 Å². The van der Waals surface area contributed by atoms with Crippen LogP contribution in [0.4, 0.5) is 0 Å². The minimum atomic E-state index is -0.736. The van der Waals surface area contributed by atoms with Gasteiger partial charge in [-0.3, -0.25) is 0 Å². The summed E-state index contributed by atoms with van der Waals surface area (Å²) in [6.45, 7) is 6.03.